The van der Waals surface area contributed by atoms with Crippen molar-refractivity contribution >= 4 is 37.0 Å². The molecule has 3 rings (SSSR count). The van der Waals surface area contributed by atoms with Gasteiger partial charge in [-0.15, -0.1) is 0 Å². The summed E-state index contributed by atoms with van der Waals surface area (Å²) in [4.78, 5) is 7.07. The lowest BCUT2D eigenvalue weighted by Crippen LogP contribution is -2.59. The normalized spacial score (nSPS) is 29.9. The topological polar surface area (TPSA) is 95.1 Å². The van der Waals surface area contributed by atoms with Gasteiger partial charge in [0, 0.05) is 27.8 Å². The van der Waals surface area contributed by atoms with E-state index in [1.54, 1.807) is 19.2 Å². The summed E-state index contributed by atoms with van der Waals surface area (Å²) in [5, 5.41) is 11.5. The van der Waals surface area contributed by atoms with Crippen molar-refractivity contribution in [1.29, 1.82) is 0 Å². The fourth-order valence-corrected chi connectivity index (χ4v) is 5.80. The number of nitrogens with zero attached hydrogens (tertiary/aromatic N) is 1. The van der Waals surface area contributed by atoms with Gasteiger partial charge in [0.1, 0.15) is 17.5 Å². The Bertz CT molecular complexity index is 951. The molecule has 0 aromatic carbocycles. The molecule has 0 amide bonds. The fourth-order valence-electron chi connectivity index (χ4n) is 4.03. The SMILES string of the molecule is CCCS(=O)(=O)NC1CCC(F)C(C(O)c2c[nH]c3ncc(Br)cc23)C1(C)F. The molecule has 1 aliphatic rings. The number of hydrogen-bond acceptors (Lipinski definition) is 4. The molecule has 3 N–H and O–H groups in total. The van der Waals surface area contributed by atoms with Crippen LogP contribution < -0.4 is 4.72 Å². The van der Waals surface area contributed by atoms with Crippen molar-refractivity contribution in [2.45, 2.75) is 57.1 Å². The van der Waals surface area contributed by atoms with E-state index in [2.05, 4.69) is 30.6 Å². The van der Waals surface area contributed by atoms with E-state index in [9.17, 15) is 17.9 Å². The Kier molecular flexibility index (Phi) is 6.15. The molecule has 0 saturated heterocycles. The lowest BCUT2D eigenvalue weighted by atomic mass is 9.70. The molecule has 1 saturated carbocycles. The molecular weight excluding hydrogens is 456 g/mol. The molecule has 6 nitrogen and oxygen atoms in total. The van der Waals surface area contributed by atoms with Crippen LogP contribution >= 0.6 is 15.9 Å². The van der Waals surface area contributed by atoms with Crippen LogP contribution in [0.3, 0.4) is 0 Å². The summed E-state index contributed by atoms with van der Waals surface area (Å²) in [6.45, 7) is 2.87. The minimum absolute atomic E-state index is 0.0291. The van der Waals surface area contributed by atoms with E-state index in [4.69, 9.17) is 0 Å². The zero-order chi connectivity index (χ0) is 20.7. The summed E-state index contributed by atoms with van der Waals surface area (Å²) >= 11 is 3.31. The second-order valence-electron chi connectivity index (χ2n) is 7.50. The van der Waals surface area contributed by atoms with Crippen molar-refractivity contribution in [2.24, 2.45) is 5.92 Å². The van der Waals surface area contributed by atoms with Gasteiger partial charge in [-0.3, -0.25) is 0 Å². The van der Waals surface area contributed by atoms with Crippen LogP contribution in [-0.4, -0.2) is 47.1 Å². The molecular formula is C18H24BrF2N3O3S. The van der Waals surface area contributed by atoms with Crippen LogP contribution in [0.15, 0.2) is 22.9 Å². The van der Waals surface area contributed by atoms with Gasteiger partial charge in [0.25, 0.3) is 0 Å². The predicted molar refractivity (Wildman–Crippen MR) is 107 cm³/mol. The van der Waals surface area contributed by atoms with Gasteiger partial charge in [-0.2, -0.15) is 0 Å². The first kappa shape index (κ1) is 21.6. The number of nitrogens with one attached hydrogen (secondary N) is 2. The highest BCUT2D eigenvalue weighted by Crippen LogP contribution is 2.46. The van der Waals surface area contributed by atoms with Gasteiger partial charge >= 0.3 is 0 Å². The van der Waals surface area contributed by atoms with Crippen molar-refractivity contribution in [3.63, 3.8) is 0 Å². The minimum Gasteiger partial charge on any atom is -0.388 e. The van der Waals surface area contributed by atoms with Crippen LogP contribution in [0.4, 0.5) is 8.78 Å². The second kappa shape index (κ2) is 7.97. The van der Waals surface area contributed by atoms with Crippen LogP contribution in [0, 0.1) is 5.92 Å². The van der Waals surface area contributed by atoms with Crippen molar-refractivity contribution in [3.05, 3.63) is 28.5 Å². The predicted octanol–water partition coefficient (Wildman–Crippen LogP) is 3.53. The molecule has 0 bridgehead atoms. The number of aromatic amines is 1. The van der Waals surface area contributed by atoms with Gasteiger partial charge in [-0.25, -0.2) is 26.9 Å². The van der Waals surface area contributed by atoms with Gasteiger partial charge in [0.15, 0.2) is 0 Å². The fraction of sp³-hybridized carbons (Fsp3) is 0.611. The molecule has 2 aromatic rings. The average Bonchev–Trinajstić information content (AvgIpc) is 3.00. The number of rotatable bonds is 6. The summed E-state index contributed by atoms with van der Waals surface area (Å²) in [7, 11) is -3.68. The van der Waals surface area contributed by atoms with E-state index >= 15 is 4.39 Å². The number of pyridine rings is 1. The maximum absolute atomic E-state index is 15.8. The van der Waals surface area contributed by atoms with Crippen molar-refractivity contribution in [2.75, 3.05) is 5.75 Å². The molecule has 2 aromatic heterocycles. The molecule has 5 atom stereocenters. The Morgan fingerprint density at radius 2 is 2.21 bits per heavy atom. The third kappa shape index (κ3) is 4.10. The zero-order valence-corrected chi connectivity index (χ0v) is 18.0. The molecule has 0 spiro atoms. The minimum atomic E-state index is -3.68. The van der Waals surface area contributed by atoms with Crippen LogP contribution in [-0.2, 0) is 10.0 Å². The molecule has 2 heterocycles. The molecule has 28 heavy (non-hydrogen) atoms. The monoisotopic (exact) mass is 479 g/mol. The van der Waals surface area contributed by atoms with Gasteiger partial charge in [-0.05, 0) is 48.2 Å². The first-order valence-corrected chi connectivity index (χ1v) is 11.6. The molecule has 10 heteroatoms. The van der Waals surface area contributed by atoms with E-state index in [-0.39, 0.29) is 18.6 Å². The Balaban J connectivity index is 1.95. The number of aliphatic hydroxyl groups excluding tert-OH is 1. The Hall–Kier alpha value is -1.10. The van der Waals surface area contributed by atoms with Crippen LogP contribution in [0.5, 0.6) is 0 Å². The van der Waals surface area contributed by atoms with Gasteiger partial charge in [0.2, 0.25) is 10.0 Å². The second-order valence-corrected chi connectivity index (χ2v) is 10.3. The van der Waals surface area contributed by atoms with Crippen LogP contribution in [0.1, 0.15) is 44.8 Å². The first-order valence-electron chi connectivity index (χ1n) is 9.20. The number of H-pyrrole nitrogens is 1. The van der Waals surface area contributed by atoms with E-state index < -0.39 is 39.9 Å². The van der Waals surface area contributed by atoms with E-state index in [0.29, 0.717) is 27.5 Å². The highest BCUT2D eigenvalue weighted by atomic mass is 79.9. The third-order valence-corrected chi connectivity index (χ3v) is 7.46. The van der Waals surface area contributed by atoms with Crippen molar-refractivity contribution < 1.29 is 22.3 Å². The maximum Gasteiger partial charge on any atom is 0.211 e. The lowest BCUT2D eigenvalue weighted by molar-refractivity contribution is -0.0851. The average molecular weight is 480 g/mol. The van der Waals surface area contributed by atoms with Gasteiger partial charge in [0.05, 0.1) is 23.8 Å². The summed E-state index contributed by atoms with van der Waals surface area (Å²) in [5.74, 6) is -1.55. The largest absolute Gasteiger partial charge is 0.388 e. The number of sulfonamides is 1. The van der Waals surface area contributed by atoms with Gasteiger partial charge in [-0.1, -0.05) is 6.92 Å². The molecule has 1 fully saturated rings. The Labute approximate surface area is 171 Å². The molecule has 156 valence electrons. The first-order chi connectivity index (χ1) is 13.1. The summed E-state index contributed by atoms with van der Waals surface area (Å²) in [6, 6.07) is 0.607. The molecule has 5 unspecified atom stereocenters. The quantitative estimate of drug-likeness (QED) is 0.590. The molecule has 0 radical (unpaired) electrons. The van der Waals surface area contributed by atoms with Crippen LogP contribution in [0.2, 0.25) is 0 Å². The number of halogens is 3. The lowest BCUT2D eigenvalue weighted by Gasteiger charge is -2.45. The third-order valence-electron chi connectivity index (χ3n) is 5.44. The summed E-state index contributed by atoms with van der Waals surface area (Å²) in [6.07, 6.45) is 0.371. The van der Waals surface area contributed by atoms with Crippen LogP contribution in [0.25, 0.3) is 11.0 Å². The van der Waals surface area contributed by atoms with Crippen molar-refractivity contribution in [3.8, 4) is 0 Å². The molecule has 1 aliphatic carbocycles. The molecule has 0 aliphatic heterocycles. The van der Waals surface area contributed by atoms with Gasteiger partial charge < -0.3 is 10.1 Å². The smallest absolute Gasteiger partial charge is 0.211 e. The zero-order valence-electron chi connectivity index (χ0n) is 15.6. The number of fused-ring (bicyclic) bond motifs is 1. The standard InChI is InChI=1S/C18H24BrF2N3O3S/c1-3-6-28(26,27)24-14-5-4-13(20)15(18(14,2)21)16(25)12-9-23-17-11(12)7-10(19)8-22-17/h7-9,13-16,24-25H,3-6H2,1-2H3,(H,22,23). The number of aromatic nitrogens is 2. The Morgan fingerprint density at radius 1 is 1.50 bits per heavy atom. The van der Waals surface area contributed by atoms with E-state index in [1.807, 2.05) is 0 Å². The Morgan fingerprint density at radius 3 is 2.89 bits per heavy atom. The summed E-state index contributed by atoms with van der Waals surface area (Å²) in [5.41, 5.74) is -1.46. The number of hydrogen-bond donors (Lipinski definition) is 3. The van der Waals surface area contributed by atoms with E-state index in [1.165, 1.54) is 6.20 Å². The highest BCUT2D eigenvalue weighted by molar-refractivity contribution is 9.10. The highest BCUT2D eigenvalue weighted by Gasteiger charge is 2.54. The number of aliphatic hydroxyl groups is 1. The van der Waals surface area contributed by atoms with E-state index in [0.717, 1.165) is 6.92 Å². The van der Waals surface area contributed by atoms with Crippen molar-refractivity contribution in [1.82, 2.24) is 14.7 Å². The summed E-state index contributed by atoms with van der Waals surface area (Å²) < 4.78 is 57.9. The number of alkyl halides is 2. The maximum atomic E-state index is 15.8.